The highest BCUT2D eigenvalue weighted by molar-refractivity contribution is 5.90. The van der Waals surface area contributed by atoms with Crippen LogP contribution in [0.25, 0.3) is 17.0 Å². The van der Waals surface area contributed by atoms with Crippen molar-refractivity contribution in [2.45, 2.75) is 12.5 Å². The topological polar surface area (TPSA) is 123 Å². The first-order valence-corrected chi connectivity index (χ1v) is 9.87. The van der Waals surface area contributed by atoms with E-state index in [0.717, 1.165) is 5.69 Å². The van der Waals surface area contributed by atoms with Crippen LogP contribution in [0, 0.1) is 5.82 Å². The van der Waals surface area contributed by atoms with Gasteiger partial charge in [-0.15, -0.1) is 10.2 Å². The lowest BCUT2D eigenvalue weighted by atomic mass is 9.99. The van der Waals surface area contributed by atoms with Crippen LogP contribution in [0.3, 0.4) is 0 Å². The third-order valence-electron chi connectivity index (χ3n) is 5.47. The number of rotatable bonds is 3. The van der Waals surface area contributed by atoms with Gasteiger partial charge in [-0.25, -0.2) is 13.9 Å². The van der Waals surface area contributed by atoms with Crippen molar-refractivity contribution in [2.24, 2.45) is 7.05 Å². The molecule has 0 fully saturated rings. The molecule has 0 aliphatic carbocycles. The molecule has 6 rings (SSSR count). The van der Waals surface area contributed by atoms with Crippen LogP contribution in [-0.2, 0) is 13.5 Å². The van der Waals surface area contributed by atoms with Crippen molar-refractivity contribution in [1.82, 2.24) is 44.5 Å². The van der Waals surface area contributed by atoms with Crippen molar-refractivity contribution >= 4 is 11.4 Å². The Balaban J connectivity index is 1.40. The zero-order chi connectivity index (χ0) is 21.8. The van der Waals surface area contributed by atoms with Gasteiger partial charge in [0.15, 0.2) is 0 Å². The van der Waals surface area contributed by atoms with Crippen molar-refractivity contribution in [3.63, 3.8) is 0 Å². The summed E-state index contributed by atoms with van der Waals surface area (Å²) in [5.41, 5.74) is 3.35. The van der Waals surface area contributed by atoms with Gasteiger partial charge < -0.3 is 14.3 Å². The highest BCUT2D eigenvalue weighted by Gasteiger charge is 2.38. The van der Waals surface area contributed by atoms with Gasteiger partial charge in [-0.1, -0.05) is 0 Å². The number of hydrogen-bond donors (Lipinski definition) is 1. The average Bonchev–Trinajstić information content (AvgIpc) is 3.57. The second-order valence-corrected chi connectivity index (χ2v) is 7.52. The molecule has 5 aromatic heterocycles. The van der Waals surface area contributed by atoms with Crippen LogP contribution < -0.4 is 0 Å². The third kappa shape index (κ3) is 2.87. The van der Waals surface area contributed by atoms with Gasteiger partial charge in [0, 0.05) is 38.1 Å². The number of pyridine rings is 1. The lowest BCUT2D eigenvalue weighted by Gasteiger charge is -2.32. The number of H-pyrrole nitrogens is 1. The van der Waals surface area contributed by atoms with E-state index in [2.05, 4.69) is 30.4 Å². The highest BCUT2D eigenvalue weighted by Crippen LogP contribution is 2.34. The SMILES string of the molecule is Cn1cc(-c2nnc(C(=O)N3CCc4[nH]cnc4C3c3cc4cc(F)ccn4n3)o2)cn1. The number of fused-ring (bicyclic) bond motifs is 2. The number of hydrogen-bond acceptors (Lipinski definition) is 7. The smallest absolute Gasteiger partial charge is 0.312 e. The number of imidazole rings is 1. The largest absolute Gasteiger partial charge is 0.412 e. The third-order valence-corrected chi connectivity index (χ3v) is 5.47. The average molecular weight is 433 g/mol. The number of nitrogens with zero attached hydrogens (tertiary/aromatic N) is 8. The molecule has 0 saturated carbocycles. The number of amides is 1. The summed E-state index contributed by atoms with van der Waals surface area (Å²) < 4.78 is 22.5. The fraction of sp³-hybridized carbons (Fsp3) is 0.200. The molecular weight excluding hydrogens is 417 g/mol. The maximum absolute atomic E-state index is 13.7. The quantitative estimate of drug-likeness (QED) is 0.460. The molecule has 6 heterocycles. The summed E-state index contributed by atoms with van der Waals surface area (Å²) in [6.45, 7) is 0.394. The summed E-state index contributed by atoms with van der Waals surface area (Å²) in [5, 5.41) is 16.6. The van der Waals surface area contributed by atoms with E-state index in [1.807, 2.05) is 0 Å². The zero-order valence-electron chi connectivity index (χ0n) is 16.8. The molecule has 32 heavy (non-hydrogen) atoms. The van der Waals surface area contributed by atoms with E-state index < -0.39 is 11.9 Å². The van der Waals surface area contributed by atoms with E-state index in [-0.39, 0.29) is 17.6 Å². The van der Waals surface area contributed by atoms with Crippen molar-refractivity contribution in [2.75, 3.05) is 6.54 Å². The minimum Gasteiger partial charge on any atom is -0.412 e. The maximum Gasteiger partial charge on any atom is 0.312 e. The van der Waals surface area contributed by atoms with Gasteiger partial charge in [0.1, 0.15) is 11.9 Å². The van der Waals surface area contributed by atoms with Gasteiger partial charge in [-0.05, 0) is 18.2 Å². The number of carbonyl (C=O) groups is 1. The number of aromatic amines is 1. The number of nitrogens with one attached hydrogen (secondary N) is 1. The number of aromatic nitrogens is 8. The van der Waals surface area contributed by atoms with Gasteiger partial charge in [0.2, 0.25) is 0 Å². The first kappa shape index (κ1) is 18.4. The predicted molar refractivity (Wildman–Crippen MR) is 107 cm³/mol. The molecule has 1 amide bonds. The monoisotopic (exact) mass is 433 g/mol. The lowest BCUT2D eigenvalue weighted by Crippen LogP contribution is -2.41. The van der Waals surface area contributed by atoms with E-state index in [4.69, 9.17) is 4.42 Å². The van der Waals surface area contributed by atoms with Gasteiger partial charge in [-0.3, -0.25) is 9.48 Å². The molecule has 12 heteroatoms. The molecule has 11 nitrogen and oxygen atoms in total. The van der Waals surface area contributed by atoms with Crippen LogP contribution in [0.2, 0.25) is 0 Å². The standard InChI is InChI=1S/C20H16FN9O2/c1-28-9-11(8-24-28)18-25-26-19(32-18)20(31)29-4-3-14-16(23-10-22-14)17(29)15-7-13-6-12(21)2-5-30(13)27-15/h2,5-10,17H,3-4H2,1H3,(H,22,23). The van der Waals surface area contributed by atoms with Gasteiger partial charge in [0.05, 0.1) is 35.0 Å². The normalized spacial score (nSPS) is 15.9. The van der Waals surface area contributed by atoms with Gasteiger partial charge >= 0.3 is 11.8 Å². The second kappa shape index (κ2) is 6.83. The van der Waals surface area contributed by atoms with E-state index in [0.29, 0.717) is 35.4 Å². The van der Waals surface area contributed by atoms with E-state index in [1.54, 1.807) is 45.9 Å². The fourth-order valence-corrected chi connectivity index (χ4v) is 4.00. The van der Waals surface area contributed by atoms with Crippen molar-refractivity contribution in [1.29, 1.82) is 0 Å². The summed E-state index contributed by atoms with van der Waals surface area (Å²) >= 11 is 0. The molecule has 1 aliphatic heterocycles. The Morgan fingerprint density at radius 2 is 2.22 bits per heavy atom. The minimum absolute atomic E-state index is 0.136. The number of halogens is 1. The molecule has 5 aromatic rings. The van der Waals surface area contributed by atoms with Crippen LogP contribution in [0.5, 0.6) is 0 Å². The number of aryl methyl sites for hydroxylation is 1. The van der Waals surface area contributed by atoms with E-state index >= 15 is 0 Å². The van der Waals surface area contributed by atoms with E-state index in [9.17, 15) is 9.18 Å². The molecule has 0 radical (unpaired) electrons. The van der Waals surface area contributed by atoms with Crippen LogP contribution >= 0.6 is 0 Å². The Bertz CT molecular complexity index is 1460. The molecule has 0 bridgehead atoms. The van der Waals surface area contributed by atoms with E-state index in [1.165, 1.54) is 18.3 Å². The van der Waals surface area contributed by atoms with Crippen LogP contribution in [-0.4, -0.2) is 56.9 Å². The predicted octanol–water partition coefficient (Wildman–Crippen LogP) is 1.77. The Morgan fingerprint density at radius 1 is 1.31 bits per heavy atom. The molecule has 0 spiro atoms. The molecule has 160 valence electrons. The Kier molecular flexibility index (Phi) is 3.93. The zero-order valence-corrected chi connectivity index (χ0v) is 16.8. The second-order valence-electron chi connectivity index (χ2n) is 7.52. The molecular formula is C20H16FN9O2. The van der Waals surface area contributed by atoms with Crippen LogP contribution in [0.15, 0.2) is 47.5 Å². The van der Waals surface area contributed by atoms with Crippen LogP contribution in [0.1, 0.15) is 33.8 Å². The summed E-state index contributed by atoms with van der Waals surface area (Å²) in [7, 11) is 1.77. The van der Waals surface area contributed by atoms with Crippen LogP contribution in [0.4, 0.5) is 4.39 Å². The lowest BCUT2D eigenvalue weighted by molar-refractivity contribution is 0.0646. The van der Waals surface area contributed by atoms with Gasteiger partial charge in [0.25, 0.3) is 5.89 Å². The number of carbonyl (C=O) groups excluding carboxylic acids is 1. The van der Waals surface area contributed by atoms with Crippen molar-refractivity contribution in [3.05, 3.63) is 71.9 Å². The first-order valence-electron chi connectivity index (χ1n) is 9.87. The van der Waals surface area contributed by atoms with Crippen molar-refractivity contribution < 1.29 is 13.6 Å². The van der Waals surface area contributed by atoms with Gasteiger partial charge in [-0.2, -0.15) is 10.2 Å². The molecule has 1 unspecified atom stereocenters. The minimum atomic E-state index is -0.589. The molecule has 1 N–H and O–H groups in total. The summed E-state index contributed by atoms with van der Waals surface area (Å²) in [5.74, 6) is -0.731. The molecule has 0 saturated heterocycles. The summed E-state index contributed by atoms with van der Waals surface area (Å²) in [6.07, 6.45) is 7.01. The first-order chi connectivity index (χ1) is 15.6. The molecule has 0 aromatic carbocycles. The van der Waals surface area contributed by atoms with Crippen molar-refractivity contribution in [3.8, 4) is 11.5 Å². The summed E-state index contributed by atoms with van der Waals surface area (Å²) in [6, 6.07) is 3.86. The Hall–Kier alpha value is -4.35. The Morgan fingerprint density at radius 3 is 3.06 bits per heavy atom. The Labute approximate surface area is 179 Å². The molecule has 1 atom stereocenters. The molecule has 1 aliphatic rings. The fourth-order valence-electron chi connectivity index (χ4n) is 4.00. The highest BCUT2D eigenvalue weighted by atomic mass is 19.1. The maximum atomic E-state index is 13.7. The summed E-state index contributed by atoms with van der Waals surface area (Å²) in [4.78, 5) is 22.6.